The maximum Gasteiger partial charge on any atom is 0.0766 e. The first-order valence-electron chi connectivity index (χ1n) is 7.63. The largest absolute Gasteiger partial charge is 0.309 e. The van der Waals surface area contributed by atoms with Crippen LogP contribution in [0.2, 0.25) is 0 Å². The number of aryl methyl sites for hydroxylation is 3. The first-order valence-corrected chi connectivity index (χ1v) is 9.30. The Kier molecular flexibility index (Phi) is 6.02. The standard InChI is InChI=1S/C16H24BrN3S/c1-5-12-15(17)14(20(7-3)19-12)10-13(18-6-2)16-11(4)8-9-21-16/h8-9,13,18H,5-7,10H2,1-4H3. The summed E-state index contributed by atoms with van der Waals surface area (Å²) in [6.45, 7) is 10.6. The Balaban J connectivity index is 2.33. The molecule has 3 nitrogen and oxygen atoms in total. The van der Waals surface area contributed by atoms with Gasteiger partial charge in [-0.05, 0) is 59.8 Å². The smallest absolute Gasteiger partial charge is 0.0766 e. The van der Waals surface area contributed by atoms with Crippen molar-refractivity contribution in [2.45, 2.75) is 53.1 Å². The minimum atomic E-state index is 0.359. The van der Waals surface area contributed by atoms with E-state index in [-0.39, 0.29) is 0 Å². The van der Waals surface area contributed by atoms with Crippen molar-refractivity contribution in [2.75, 3.05) is 6.54 Å². The highest BCUT2D eigenvalue weighted by Crippen LogP contribution is 2.31. The Morgan fingerprint density at radius 2 is 2.14 bits per heavy atom. The van der Waals surface area contributed by atoms with Crippen LogP contribution < -0.4 is 5.32 Å². The summed E-state index contributed by atoms with van der Waals surface area (Å²) in [6.07, 6.45) is 1.93. The number of nitrogens with one attached hydrogen (secondary N) is 1. The third-order valence-electron chi connectivity index (χ3n) is 3.76. The molecule has 0 saturated carbocycles. The van der Waals surface area contributed by atoms with Gasteiger partial charge in [0.2, 0.25) is 0 Å². The molecule has 0 aliphatic heterocycles. The van der Waals surface area contributed by atoms with Gasteiger partial charge in [-0.15, -0.1) is 11.3 Å². The fraction of sp³-hybridized carbons (Fsp3) is 0.562. The molecular formula is C16H24BrN3S. The quantitative estimate of drug-likeness (QED) is 0.778. The SMILES string of the molecule is CCNC(Cc1c(Br)c(CC)nn1CC)c1sccc1C. The molecule has 0 spiro atoms. The predicted molar refractivity (Wildman–Crippen MR) is 94.2 cm³/mol. The number of rotatable bonds is 7. The minimum Gasteiger partial charge on any atom is -0.309 e. The average molecular weight is 370 g/mol. The van der Waals surface area contributed by atoms with E-state index >= 15 is 0 Å². The first kappa shape index (κ1) is 16.7. The Morgan fingerprint density at radius 3 is 2.67 bits per heavy atom. The Hall–Kier alpha value is -0.650. The fourth-order valence-electron chi connectivity index (χ4n) is 2.65. The molecule has 5 heteroatoms. The van der Waals surface area contributed by atoms with Crippen molar-refractivity contribution in [2.24, 2.45) is 0 Å². The zero-order chi connectivity index (χ0) is 15.4. The molecule has 0 amide bonds. The number of halogens is 1. The normalized spacial score (nSPS) is 12.8. The van der Waals surface area contributed by atoms with Crippen molar-refractivity contribution in [1.82, 2.24) is 15.1 Å². The lowest BCUT2D eigenvalue weighted by Gasteiger charge is -2.18. The van der Waals surface area contributed by atoms with Crippen LogP contribution in [0.15, 0.2) is 15.9 Å². The average Bonchev–Trinajstić information content (AvgIpc) is 3.03. The topological polar surface area (TPSA) is 29.9 Å². The Labute approximate surface area is 139 Å². The second kappa shape index (κ2) is 7.56. The number of aromatic nitrogens is 2. The molecule has 0 bridgehead atoms. The summed E-state index contributed by atoms with van der Waals surface area (Å²) in [6, 6.07) is 2.56. The van der Waals surface area contributed by atoms with Crippen molar-refractivity contribution >= 4 is 27.3 Å². The van der Waals surface area contributed by atoms with Crippen LogP contribution in [0.1, 0.15) is 48.6 Å². The zero-order valence-corrected chi connectivity index (χ0v) is 15.6. The van der Waals surface area contributed by atoms with Crippen molar-refractivity contribution in [1.29, 1.82) is 0 Å². The van der Waals surface area contributed by atoms with Gasteiger partial charge in [0.15, 0.2) is 0 Å². The number of hydrogen-bond acceptors (Lipinski definition) is 3. The lowest BCUT2D eigenvalue weighted by atomic mass is 10.1. The molecule has 0 saturated heterocycles. The first-order chi connectivity index (χ1) is 10.1. The predicted octanol–water partition coefficient (Wildman–Crippen LogP) is 4.49. The molecule has 0 aliphatic rings. The van der Waals surface area contributed by atoms with Gasteiger partial charge in [-0.25, -0.2) is 0 Å². The number of hydrogen-bond donors (Lipinski definition) is 1. The molecule has 0 aliphatic carbocycles. The summed E-state index contributed by atoms with van der Waals surface area (Å²) in [4.78, 5) is 1.44. The van der Waals surface area contributed by atoms with Crippen LogP contribution in [0.25, 0.3) is 0 Å². The van der Waals surface area contributed by atoms with Gasteiger partial charge in [-0.1, -0.05) is 13.8 Å². The van der Waals surface area contributed by atoms with Crippen LogP contribution in [0, 0.1) is 6.92 Å². The van der Waals surface area contributed by atoms with Gasteiger partial charge < -0.3 is 5.32 Å². The number of likely N-dealkylation sites (N-methyl/N-ethyl adjacent to an activating group) is 1. The maximum absolute atomic E-state index is 4.71. The molecule has 2 heterocycles. The molecule has 2 aromatic rings. The van der Waals surface area contributed by atoms with E-state index in [0.717, 1.165) is 31.6 Å². The van der Waals surface area contributed by atoms with Gasteiger partial charge in [-0.2, -0.15) is 5.10 Å². The molecule has 0 radical (unpaired) electrons. The highest BCUT2D eigenvalue weighted by Gasteiger charge is 2.21. The van der Waals surface area contributed by atoms with E-state index < -0.39 is 0 Å². The summed E-state index contributed by atoms with van der Waals surface area (Å²) in [5.41, 5.74) is 3.83. The van der Waals surface area contributed by atoms with Crippen molar-refractivity contribution < 1.29 is 0 Å². The molecule has 21 heavy (non-hydrogen) atoms. The summed E-state index contributed by atoms with van der Waals surface area (Å²) in [5.74, 6) is 0. The van der Waals surface area contributed by atoms with Crippen molar-refractivity contribution in [3.8, 4) is 0 Å². The fourth-order valence-corrected chi connectivity index (χ4v) is 4.38. The van der Waals surface area contributed by atoms with Crippen molar-refractivity contribution in [3.63, 3.8) is 0 Å². The second-order valence-electron chi connectivity index (χ2n) is 5.16. The third kappa shape index (κ3) is 3.58. The molecule has 0 aromatic carbocycles. The van der Waals surface area contributed by atoms with Crippen LogP contribution in [-0.2, 0) is 19.4 Å². The lowest BCUT2D eigenvalue weighted by molar-refractivity contribution is 0.519. The van der Waals surface area contributed by atoms with Crippen LogP contribution in [0.5, 0.6) is 0 Å². The highest BCUT2D eigenvalue weighted by atomic mass is 79.9. The summed E-state index contributed by atoms with van der Waals surface area (Å²) in [7, 11) is 0. The van der Waals surface area contributed by atoms with Gasteiger partial charge in [-0.3, -0.25) is 4.68 Å². The van der Waals surface area contributed by atoms with Gasteiger partial charge >= 0.3 is 0 Å². The molecular weight excluding hydrogens is 346 g/mol. The van der Waals surface area contributed by atoms with E-state index in [9.17, 15) is 0 Å². The molecule has 116 valence electrons. The number of nitrogens with zero attached hydrogens (tertiary/aromatic N) is 2. The van der Waals surface area contributed by atoms with E-state index in [4.69, 9.17) is 5.10 Å². The van der Waals surface area contributed by atoms with Gasteiger partial charge in [0, 0.05) is 23.9 Å². The third-order valence-corrected chi connectivity index (χ3v) is 5.81. The van der Waals surface area contributed by atoms with Crippen LogP contribution >= 0.6 is 27.3 Å². The zero-order valence-electron chi connectivity index (χ0n) is 13.2. The minimum absolute atomic E-state index is 0.359. The Morgan fingerprint density at radius 1 is 1.38 bits per heavy atom. The molecule has 2 aromatic heterocycles. The van der Waals surface area contributed by atoms with Crippen LogP contribution in [-0.4, -0.2) is 16.3 Å². The van der Waals surface area contributed by atoms with E-state index in [2.05, 4.69) is 65.1 Å². The van der Waals surface area contributed by atoms with E-state index in [1.807, 2.05) is 11.3 Å². The van der Waals surface area contributed by atoms with E-state index in [1.54, 1.807) is 0 Å². The second-order valence-corrected chi connectivity index (χ2v) is 6.90. The summed E-state index contributed by atoms with van der Waals surface area (Å²) < 4.78 is 3.32. The van der Waals surface area contributed by atoms with Crippen LogP contribution in [0.3, 0.4) is 0 Å². The molecule has 2 rings (SSSR count). The molecule has 1 atom stereocenters. The van der Waals surface area contributed by atoms with E-state index in [1.165, 1.54) is 20.6 Å². The molecule has 1 N–H and O–H groups in total. The lowest BCUT2D eigenvalue weighted by Crippen LogP contribution is -2.24. The van der Waals surface area contributed by atoms with E-state index in [0.29, 0.717) is 6.04 Å². The Bertz CT molecular complexity index is 588. The summed E-state index contributed by atoms with van der Waals surface area (Å²) in [5, 5.41) is 10.5. The monoisotopic (exact) mass is 369 g/mol. The maximum atomic E-state index is 4.71. The van der Waals surface area contributed by atoms with Gasteiger partial charge in [0.05, 0.1) is 15.9 Å². The number of thiophene rings is 1. The highest BCUT2D eigenvalue weighted by molar-refractivity contribution is 9.10. The van der Waals surface area contributed by atoms with Crippen LogP contribution in [0.4, 0.5) is 0 Å². The van der Waals surface area contributed by atoms with Crippen molar-refractivity contribution in [3.05, 3.63) is 37.7 Å². The molecule has 1 unspecified atom stereocenters. The molecule has 0 fully saturated rings. The van der Waals surface area contributed by atoms with Gasteiger partial charge in [0.1, 0.15) is 0 Å². The summed E-state index contributed by atoms with van der Waals surface area (Å²) >= 11 is 5.60. The van der Waals surface area contributed by atoms with Gasteiger partial charge in [0.25, 0.3) is 0 Å².